The Kier molecular flexibility index (Phi) is 6.12. The maximum atomic E-state index is 10.6. The Balaban J connectivity index is 0.000000240. The van der Waals surface area contributed by atoms with E-state index in [0.29, 0.717) is 29.3 Å². The molecule has 0 fully saturated rings. The lowest BCUT2D eigenvalue weighted by Gasteiger charge is -2.43. The lowest BCUT2D eigenvalue weighted by atomic mass is 9.63. The molecule has 0 aliphatic carbocycles. The number of nitrogens with zero attached hydrogens (tertiary/aromatic N) is 2. The monoisotopic (exact) mass is 337 g/mol. The van der Waals surface area contributed by atoms with Crippen LogP contribution < -0.4 is 0 Å². The van der Waals surface area contributed by atoms with Gasteiger partial charge in [0.25, 0.3) is 0 Å². The zero-order valence-corrected chi connectivity index (χ0v) is 16.7. The largest absolute Gasteiger partial charge is 0.465 e. The van der Waals surface area contributed by atoms with E-state index in [9.17, 15) is 4.79 Å². The van der Waals surface area contributed by atoms with Crippen molar-refractivity contribution in [1.82, 2.24) is 15.1 Å². The molecular formula is C19H35N3O2. The molecular weight excluding hydrogens is 302 g/mol. The predicted molar refractivity (Wildman–Crippen MR) is 98.0 cm³/mol. The predicted octanol–water partition coefficient (Wildman–Crippen LogP) is 4.94. The molecule has 0 spiro atoms. The lowest BCUT2D eigenvalue weighted by Crippen LogP contribution is -2.34. The third-order valence-electron chi connectivity index (χ3n) is 5.07. The van der Waals surface area contributed by atoms with Crippen LogP contribution in [-0.4, -0.2) is 32.8 Å². The van der Waals surface area contributed by atoms with Crippen molar-refractivity contribution in [2.24, 2.45) is 16.2 Å². The minimum Gasteiger partial charge on any atom is -0.465 e. The van der Waals surface area contributed by atoms with Crippen molar-refractivity contribution in [2.75, 3.05) is 6.54 Å². The molecule has 1 aromatic heterocycles. The first-order valence-electron chi connectivity index (χ1n) is 8.72. The summed E-state index contributed by atoms with van der Waals surface area (Å²) in [4.78, 5) is 12.0. The smallest absolute Gasteiger partial charge is 0.407 e. The Bertz CT molecular complexity index is 548. The standard InChI is InChI=1S/C12H26.C7H9N3O2/c1-10(2,3)9-12(7,8)11(4,5)6;11-7(12)10-2-1-6-5(4-10)3-8-9-6/h9H2,1-8H3;3H,1-2,4H2,(H,8,9)(H,11,12). The first-order valence-corrected chi connectivity index (χ1v) is 8.72. The number of aromatic amines is 1. The van der Waals surface area contributed by atoms with Crippen LogP contribution in [0.4, 0.5) is 4.79 Å². The summed E-state index contributed by atoms with van der Waals surface area (Å²) in [5.41, 5.74) is 3.32. The summed E-state index contributed by atoms with van der Waals surface area (Å²) in [7, 11) is 0. The number of aromatic nitrogens is 2. The molecule has 138 valence electrons. The van der Waals surface area contributed by atoms with Gasteiger partial charge in [-0.15, -0.1) is 0 Å². The van der Waals surface area contributed by atoms with Crippen LogP contribution in [0.1, 0.15) is 73.1 Å². The Labute approximate surface area is 146 Å². The molecule has 2 heterocycles. The average molecular weight is 338 g/mol. The lowest BCUT2D eigenvalue weighted by molar-refractivity contribution is 0.0743. The number of carbonyl (C=O) groups is 1. The average Bonchev–Trinajstić information content (AvgIpc) is 2.82. The van der Waals surface area contributed by atoms with Crippen molar-refractivity contribution in [3.05, 3.63) is 17.5 Å². The normalized spacial score (nSPS) is 15.4. The summed E-state index contributed by atoms with van der Waals surface area (Å²) in [6.45, 7) is 19.7. The van der Waals surface area contributed by atoms with Crippen LogP contribution in [-0.2, 0) is 13.0 Å². The number of hydrogen-bond donors (Lipinski definition) is 2. The highest BCUT2D eigenvalue weighted by atomic mass is 16.4. The van der Waals surface area contributed by atoms with Crippen molar-refractivity contribution < 1.29 is 9.90 Å². The van der Waals surface area contributed by atoms with E-state index in [1.54, 1.807) is 6.20 Å². The second-order valence-corrected chi connectivity index (χ2v) is 9.70. The fraction of sp³-hybridized carbons (Fsp3) is 0.789. The zero-order chi connectivity index (χ0) is 18.8. The molecule has 5 nitrogen and oxygen atoms in total. The summed E-state index contributed by atoms with van der Waals surface area (Å²) in [6, 6.07) is 0. The fourth-order valence-electron chi connectivity index (χ4n) is 2.98. The summed E-state index contributed by atoms with van der Waals surface area (Å²) in [5, 5.41) is 15.4. The van der Waals surface area contributed by atoms with E-state index in [2.05, 4.69) is 65.6 Å². The number of amides is 1. The van der Waals surface area contributed by atoms with Crippen LogP contribution in [0.2, 0.25) is 0 Å². The summed E-state index contributed by atoms with van der Waals surface area (Å²) >= 11 is 0. The Morgan fingerprint density at radius 2 is 1.79 bits per heavy atom. The highest BCUT2D eigenvalue weighted by Gasteiger charge is 2.35. The highest BCUT2D eigenvalue weighted by Crippen LogP contribution is 2.45. The molecule has 1 aliphatic heterocycles. The third kappa shape index (κ3) is 5.84. The van der Waals surface area contributed by atoms with E-state index in [0.717, 1.165) is 17.7 Å². The van der Waals surface area contributed by atoms with Gasteiger partial charge in [-0.2, -0.15) is 5.10 Å². The zero-order valence-electron chi connectivity index (χ0n) is 16.7. The van der Waals surface area contributed by atoms with Crippen LogP contribution in [0.3, 0.4) is 0 Å². The Hall–Kier alpha value is -1.52. The van der Waals surface area contributed by atoms with Gasteiger partial charge in [-0.25, -0.2) is 4.79 Å². The molecule has 2 rings (SSSR count). The van der Waals surface area contributed by atoms with Gasteiger partial charge in [-0.3, -0.25) is 5.10 Å². The van der Waals surface area contributed by atoms with E-state index in [-0.39, 0.29) is 0 Å². The number of H-pyrrole nitrogens is 1. The second-order valence-electron chi connectivity index (χ2n) is 9.70. The summed E-state index contributed by atoms with van der Waals surface area (Å²) in [6.07, 6.45) is 2.84. The molecule has 0 unspecified atom stereocenters. The van der Waals surface area contributed by atoms with E-state index in [1.807, 2.05) is 0 Å². The van der Waals surface area contributed by atoms with Crippen LogP contribution in [0.5, 0.6) is 0 Å². The molecule has 0 saturated heterocycles. The van der Waals surface area contributed by atoms with E-state index >= 15 is 0 Å². The van der Waals surface area contributed by atoms with E-state index in [1.165, 1.54) is 11.3 Å². The molecule has 1 aromatic rings. The highest BCUT2D eigenvalue weighted by molar-refractivity contribution is 5.65. The van der Waals surface area contributed by atoms with E-state index in [4.69, 9.17) is 5.11 Å². The Morgan fingerprint density at radius 3 is 2.21 bits per heavy atom. The van der Waals surface area contributed by atoms with Gasteiger partial charge in [0.2, 0.25) is 0 Å². The minimum absolute atomic E-state index is 0.403. The van der Waals surface area contributed by atoms with Gasteiger partial charge >= 0.3 is 6.09 Å². The molecule has 0 atom stereocenters. The van der Waals surface area contributed by atoms with Crippen LogP contribution in [0.25, 0.3) is 0 Å². The van der Waals surface area contributed by atoms with Gasteiger partial charge in [-0.05, 0) is 22.7 Å². The van der Waals surface area contributed by atoms with Crippen molar-refractivity contribution in [3.63, 3.8) is 0 Å². The van der Waals surface area contributed by atoms with Crippen molar-refractivity contribution >= 4 is 6.09 Å². The molecule has 2 N–H and O–H groups in total. The topological polar surface area (TPSA) is 69.2 Å². The number of rotatable bonds is 1. The Morgan fingerprint density at radius 1 is 1.21 bits per heavy atom. The molecule has 1 amide bonds. The summed E-state index contributed by atoms with van der Waals surface area (Å²) in [5.74, 6) is 0. The van der Waals surface area contributed by atoms with Gasteiger partial charge in [0.15, 0.2) is 0 Å². The molecule has 0 bridgehead atoms. The minimum atomic E-state index is -0.859. The maximum Gasteiger partial charge on any atom is 0.407 e. The maximum absolute atomic E-state index is 10.6. The van der Waals surface area contributed by atoms with Crippen molar-refractivity contribution in [3.8, 4) is 0 Å². The first-order chi connectivity index (χ1) is 10.7. The number of hydrogen-bond acceptors (Lipinski definition) is 2. The second kappa shape index (κ2) is 7.16. The van der Waals surface area contributed by atoms with Crippen LogP contribution >= 0.6 is 0 Å². The van der Waals surface area contributed by atoms with Gasteiger partial charge in [0.05, 0.1) is 12.7 Å². The number of carboxylic acid groups (broad SMARTS) is 1. The molecule has 0 saturated carbocycles. The van der Waals surface area contributed by atoms with Gasteiger partial charge in [0, 0.05) is 24.2 Å². The molecule has 0 radical (unpaired) electrons. The quantitative estimate of drug-likeness (QED) is 0.762. The number of fused-ring (bicyclic) bond motifs is 1. The van der Waals surface area contributed by atoms with Crippen molar-refractivity contribution in [2.45, 2.75) is 74.8 Å². The molecule has 24 heavy (non-hydrogen) atoms. The van der Waals surface area contributed by atoms with Gasteiger partial charge < -0.3 is 10.0 Å². The van der Waals surface area contributed by atoms with Crippen molar-refractivity contribution in [1.29, 1.82) is 0 Å². The molecule has 5 heteroatoms. The molecule has 0 aromatic carbocycles. The first kappa shape index (κ1) is 20.5. The van der Waals surface area contributed by atoms with E-state index < -0.39 is 6.09 Å². The SMILES string of the molecule is CC(C)(C)CC(C)(C)C(C)(C)C.O=C(O)N1CCc2[nH]ncc2C1. The summed E-state index contributed by atoms with van der Waals surface area (Å²) < 4.78 is 0. The van der Waals surface area contributed by atoms with Gasteiger partial charge in [-0.1, -0.05) is 55.4 Å². The fourth-order valence-corrected chi connectivity index (χ4v) is 2.98. The van der Waals surface area contributed by atoms with Gasteiger partial charge in [0.1, 0.15) is 0 Å². The van der Waals surface area contributed by atoms with Crippen LogP contribution in [0, 0.1) is 16.2 Å². The van der Waals surface area contributed by atoms with Crippen LogP contribution in [0.15, 0.2) is 6.20 Å². The third-order valence-corrected chi connectivity index (χ3v) is 5.07. The number of nitrogens with one attached hydrogen (secondary N) is 1. The molecule has 1 aliphatic rings.